The van der Waals surface area contributed by atoms with Crippen LogP contribution in [0.1, 0.15) is 22.8 Å². The van der Waals surface area contributed by atoms with Gasteiger partial charge in [-0.05, 0) is 91.0 Å². The van der Waals surface area contributed by atoms with Crippen LogP contribution in [0.15, 0.2) is 158 Å². The Morgan fingerprint density at radius 1 is 0.353 bits per heavy atom. The van der Waals surface area contributed by atoms with Gasteiger partial charge in [0.2, 0.25) is 16.6 Å². The summed E-state index contributed by atoms with van der Waals surface area (Å²) in [6, 6.07) is 45.5. The van der Waals surface area contributed by atoms with Crippen LogP contribution >= 0.6 is 0 Å². The van der Waals surface area contributed by atoms with Crippen LogP contribution in [0.2, 0.25) is 0 Å². The quantitative estimate of drug-likeness (QED) is 0.203. The average molecular weight is 971 g/mol. The summed E-state index contributed by atoms with van der Waals surface area (Å²) in [5, 5.41) is 3.47. The molecule has 0 unspecified atom stereocenters. The third kappa shape index (κ3) is 8.09. The van der Waals surface area contributed by atoms with Crippen molar-refractivity contribution >= 4 is 79.1 Å². The molecular formula is C56H44Cl4N8. The van der Waals surface area contributed by atoms with Crippen LogP contribution in [-0.2, 0) is 28.2 Å². The highest BCUT2D eigenvalue weighted by Gasteiger charge is 2.23. The van der Waals surface area contributed by atoms with Gasteiger partial charge < -0.3 is 59.6 Å². The number of aromatic amines is 2. The van der Waals surface area contributed by atoms with Crippen molar-refractivity contribution < 1.29 is 67.9 Å². The maximum absolute atomic E-state index is 5.54. The number of halogens is 4. The smallest absolute Gasteiger partial charge is 0.212 e. The second-order valence-electron chi connectivity index (χ2n) is 17.0. The summed E-state index contributed by atoms with van der Waals surface area (Å²) in [5.74, 6) is 0. The average Bonchev–Trinajstić information content (AvgIpc) is 4.15. The Labute approximate surface area is 418 Å². The zero-order valence-electron chi connectivity index (χ0n) is 37.5. The fourth-order valence-electron chi connectivity index (χ4n) is 9.81. The van der Waals surface area contributed by atoms with E-state index in [0.717, 1.165) is 122 Å². The number of nitrogens with one attached hydrogen (secondary N) is 2. The summed E-state index contributed by atoms with van der Waals surface area (Å²) in [6.45, 7) is 0. The normalized spacial score (nSPS) is 11.5. The first-order chi connectivity index (χ1) is 31.3. The lowest BCUT2D eigenvalue weighted by Crippen LogP contribution is -3.00. The van der Waals surface area contributed by atoms with E-state index in [-0.39, 0.29) is 49.6 Å². The molecule has 0 aliphatic carbocycles. The number of hydrogen-bond donors (Lipinski definition) is 2. The highest BCUT2D eigenvalue weighted by molar-refractivity contribution is 6.01. The van der Waals surface area contributed by atoms with Gasteiger partial charge in [-0.2, -0.15) is 0 Å². The molecule has 8 bridgehead atoms. The maximum Gasteiger partial charge on any atom is 0.212 e. The summed E-state index contributed by atoms with van der Waals surface area (Å²) < 4.78 is 8.71. The van der Waals surface area contributed by atoms with E-state index in [1.807, 2.05) is 0 Å². The van der Waals surface area contributed by atoms with E-state index in [4.69, 9.17) is 9.97 Å². The van der Waals surface area contributed by atoms with Gasteiger partial charge in [0, 0.05) is 84.7 Å². The molecule has 0 fully saturated rings. The van der Waals surface area contributed by atoms with Gasteiger partial charge in [-0.25, -0.2) is 28.2 Å². The molecule has 336 valence electrons. The van der Waals surface area contributed by atoms with Crippen molar-refractivity contribution in [1.82, 2.24) is 19.9 Å². The minimum atomic E-state index is 0. The number of H-pyrrole nitrogens is 2. The third-order valence-electron chi connectivity index (χ3n) is 12.7. The molecule has 12 heteroatoms. The molecule has 2 aliphatic heterocycles. The number of pyridine rings is 4. The van der Waals surface area contributed by atoms with E-state index in [9.17, 15) is 0 Å². The first-order valence-electron chi connectivity index (χ1n) is 21.6. The van der Waals surface area contributed by atoms with Crippen molar-refractivity contribution in [2.45, 2.75) is 0 Å². The Morgan fingerprint density at radius 2 is 0.706 bits per heavy atom. The molecular weight excluding hydrogens is 926 g/mol. The molecule has 0 atom stereocenters. The zero-order valence-corrected chi connectivity index (χ0v) is 40.5. The largest absolute Gasteiger partial charge is 1.00 e. The van der Waals surface area contributed by atoms with Crippen molar-refractivity contribution in [2.75, 3.05) is 0 Å². The van der Waals surface area contributed by atoms with Gasteiger partial charge in [-0.3, -0.25) is 0 Å². The van der Waals surface area contributed by atoms with Crippen molar-refractivity contribution in [3.8, 4) is 44.5 Å². The lowest BCUT2D eigenvalue weighted by Gasteiger charge is -2.07. The van der Waals surface area contributed by atoms with Crippen molar-refractivity contribution in [3.63, 3.8) is 0 Å². The Balaban J connectivity index is 0.00000156. The van der Waals surface area contributed by atoms with E-state index < -0.39 is 0 Å². The molecule has 68 heavy (non-hydrogen) atoms. The molecule has 10 aromatic rings. The maximum atomic E-state index is 5.54. The second kappa shape index (κ2) is 18.8. The molecule has 8 nitrogen and oxygen atoms in total. The standard InChI is InChI=1S/C56H44N8.4ClH/c1-61-27-11-15-38(31-61)53-42-19-21-44(57-42)54(39-28-35-12-5-8-16-50(35)62(2)32-39)46-23-25-48(59-46)56(41-30-37-14-7-10-18-52(37)64(4)34-41)49-26-24-47(60-49)55(45-22-20-43(53)58-45)40-29-36-13-6-9-17-51(36)63(3)33-40;;;;/h5-34,59-60H,1-4H3;4*1H/q+4;;;;/p-4. The number of benzene rings is 3. The van der Waals surface area contributed by atoms with Crippen LogP contribution in [0, 0.1) is 0 Å². The number of para-hydroxylation sites is 3. The Hall–Kier alpha value is -7.20. The zero-order chi connectivity index (χ0) is 43.1. The predicted octanol–water partition coefficient (Wildman–Crippen LogP) is -1.90. The molecule has 2 aliphatic rings. The Bertz CT molecular complexity index is 3690. The number of aromatic nitrogens is 8. The summed E-state index contributed by atoms with van der Waals surface area (Å²) in [6.07, 6.45) is 19.5. The Morgan fingerprint density at radius 3 is 1.10 bits per heavy atom. The van der Waals surface area contributed by atoms with Crippen LogP contribution in [0.3, 0.4) is 0 Å². The summed E-state index contributed by atoms with van der Waals surface area (Å²) in [4.78, 5) is 19.0. The van der Waals surface area contributed by atoms with Crippen molar-refractivity contribution in [2.24, 2.45) is 28.2 Å². The topological polar surface area (TPSA) is 72.9 Å². The summed E-state index contributed by atoms with van der Waals surface area (Å²) >= 11 is 0. The monoisotopic (exact) mass is 968 g/mol. The van der Waals surface area contributed by atoms with Crippen LogP contribution in [-0.4, -0.2) is 19.9 Å². The number of nitrogens with zero attached hydrogens (tertiary/aromatic N) is 6. The predicted molar refractivity (Wildman–Crippen MR) is 258 cm³/mol. The molecule has 12 rings (SSSR count). The molecule has 7 aromatic heterocycles. The number of fused-ring (bicyclic) bond motifs is 11. The van der Waals surface area contributed by atoms with Gasteiger partial charge in [0.05, 0.1) is 45.0 Å². The van der Waals surface area contributed by atoms with E-state index in [0.29, 0.717) is 0 Å². The van der Waals surface area contributed by atoms with Gasteiger partial charge in [-0.15, -0.1) is 0 Å². The molecule has 0 saturated carbocycles. The minimum Gasteiger partial charge on any atom is -1.00 e. The van der Waals surface area contributed by atoms with Crippen LogP contribution < -0.4 is 67.9 Å². The molecule has 0 radical (unpaired) electrons. The van der Waals surface area contributed by atoms with Gasteiger partial charge in [0.25, 0.3) is 0 Å². The molecule has 0 amide bonds. The number of rotatable bonds is 4. The fraction of sp³-hybridized carbons (Fsp3) is 0.0714. The lowest BCUT2D eigenvalue weighted by atomic mass is 10.0. The van der Waals surface area contributed by atoms with Crippen LogP contribution in [0.5, 0.6) is 0 Å². The van der Waals surface area contributed by atoms with E-state index in [2.05, 4.69) is 239 Å². The van der Waals surface area contributed by atoms with Gasteiger partial charge in [0.1, 0.15) is 28.2 Å². The summed E-state index contributed by atoms with van der Waals surface area (Å²) in [5.41, 5.74) is 19.1. The first-order valence-corrected chi connectivity index (χ1v) is 21.6. The van der Waals surface area contributed by atoms with Gasteiger partial charge in [-0.1, -0.05) is 36.4 Å². The van der Waals surface area contributed by atoms with E-state index in [1.165, 1.54) is 0 Å². The third-order valence-corrected chi connectivity index (χ3v) is 12.7. The van der Waals surface area contributed by atoms with Gasteiger partial charge >= 0.3 is 0 Å². The van der Waals surface area contributed by atoms with Crippen LogP contribution in [0.4, 0.5) is 0 Å². The molecule has 3 aromatic carbocycles. The fourth-order valence-corrected chi connectivity index (χ4v) is 9.81. The molecule has 2 N–H and O–H groups in total. The SMILES string of the molecule is C[n+]1cccc(-c2c3nc(c(-c4cc5ccccc5[n+](C)c4)c4ccc([nH]4)c(-c4cc5ccccc5[n+](C)c4)c4ccc([nH]4)c(-c4cc5ccccc5[n+](C)c4)c4nc2C=C4)C=C3)c1.[Cl-].[Cl-].[Cl-].[Cl-]. The van der Waals surface area contributed by atoms with E-state index in [1.54, 1.807) is 0 Å². The van der Waals surface area contributed by atoms with Gasteiger partial charge in [0.15, 0.2) is 31.0 Å². The van der Waals surface area contributed by atoms with Crippen LogP contribution in [0.25, 0.3) is 124 Å². The Kier molecular flexibility index (Phi) is 13.1. The van der Waals surface area contributed by atoms with Crippen molar-refractivity contribution in [3.05, 3.63) is 181 Å². The van der Waals surface area contributed by atoms with E-state index >= 15 is 0 Å². The summed E-state index contributed by atoms with van der Waals surface area (Å²) in [7, 11) is 8.41. The van der Waals surface area contributed by atoms with Crippen molar-refractivity contribution in [1.29, 1.82) is 0 Å². The lowest BCUT2D eigenvalue weighted by molar-refractivity contribution is -0.671. The molecule has 0 spiro atoms. The molecule has 0 saturated heterocycles. The second-order valence-corrected chi connectivity index (χ2v) is 17.0. The number of aryl methyl sites for hydroxylation is 4. The molecule has 9 heterocycles. The highest BCUT2D eigenvalue weighted by atomic mass is 35.5. The highest BCUT2D eigenvalue weighted by Crippen LogP contribution is 2.39. The number of hydrogen-bond acceptors (Lipinski definition) is 2. The first kappa shape index (κ1) is 47.3. The minimum absolute atomic E-state index is 0.